The van der Waals surface area contributed by atoms with Gasteiger partial charge in [0.2, 0.25) is 5.71 Å². The number of fused-ring (bicyclic) bond motifs is 4. The van der Waals surface area contributed by atoms with Crippen molar-refractivity contribution >= 4 is 28.3 Å². The van der Waals surface area contributed by atoms with Gasteiger partial charge in [-0.2, -0.15) is 26.3 Å². The maximum atomic E-state index is 13.6. The number of rotatable bonds is 3. The largest absolute Gasteiger partial charge is 0.416 e. The van der Waals surface area contributed by atoms with Crippen molar-refractivity contribution in [1.29, 1.82) is 0 Å². The quantitative estimate of drug-likeness (QED) is 0.306. The van der Waals surface area contributed by atoms with E-state index >= 15 is 0 Å². The number of halogens is 6. The summed E-state index contributed by atoms with van der Waals surface area (Å²) in [5, 5.41) is 3.02. The predicted molar refractivity (Wildman–Crippen MR) is 145 cm³/mol. The topological polar surface area (TPSA) is 43.1 Å². The number of allylic oxidation sites excluding steroid dienone is 6. The minimum Gasteiger partial charge on any atom is -0.264 e. The fourth-order valence-electron chi connectivity index (χ4n) is 6.23. The van der Waals surface area contributed by atoms with Crippen molar-refractivity contribution in [1.82, 2.24) is 5.43 Å². The van der Waals surface area contributed by atoms with E-state index in [1.165, 1.54) is 17.3 Å². The van der Waals surface area contributed by atoms with E-state index in [9.17, 15) is 31.1 Å². The highest BCUT2D eigenvalue weighted by Gasteiger charge is 2.51. The van der Waals surface area contributed by atoms with Crippen molar-refractivity contribution in [2.75, 3.05) is 0 Å². The van der Waals surface area contributed by atoms with Crippen LogP contribution in [0, 0.1) is 5.92 Å². The molecule has 1 saturated carbocycles. The van der Waals surface area contributed by atoms with E-state index in [0.717, 1.165) is 53.8 Å². The lowest BCUT2D eigenvalue weighted by molar-refractivity contribution is -0.509. The Kier molecular flexibility index (Phi) is 6.60. The summed E-state index contributed by atoms with van der Waals surface area (Å²) in [6, 6.07) is 10.5. The molecule has 1 amide bonds. The van der Waals surface area contributed by atoms with E-state index < -0.39 is 28.2 Å². The molecule has 0 radical (unpaired) electrons. The first-order valence-electron chi connectivity index (χ1n) is 13.2. The van der Waals surface area contributed by atoms with Gasteiger partial charge >= 0.3 is 18.3 Å². The number of nitrogens with one attached hydrogen (secondary N) is 2. The first kappa shape index (κ1) is 27.6. The van der Waals surface area contributed by atoms with Crippen LogP contribution in [0.5, 0.6) is 0 Å². The summed E-state index contributed by atoms with van der Waals surface area (Å²) in [5.41, 5.74) is 5.70. The lowest BCUT2D eigenvalue weighted by Crippen LogP contribution is -2.84. The molecule has 3 aliphatic carbocycles. The van der Waals surface area contributed by atoms with Gasteiger partial charge in [0.1, 0.15) is 0 Å². The third kappa shape index (κ3) is 4.96. The second kappa shape index (κ2) is 9.79. The van der Waals surface area contributed by atoms with Crippen molar-refractivity contribution in [2.45, 2.75) is 49.7 Å². The van der Waals surface area contributed by atoms with Gasteiger partial charge in [-0.1, -0.05) is 24.3 Å². The predicted octanol–water partition coefficient (Wildman–Crippen LogP) is 6.80. The van der Waals surface area contributed by atoms with Gasteiger partial charge in [0.25, 0.3) is 0 Å². The molecule has 1 fully saturated rings. The molecule has 0 saturated heterocycles. The van der Waals surface area contributed by atoms with Crippen molar-refractivity contribution in [3.05, 3.63) is 111 Å². The van der Waals surface area contributed by atoms with E-state index in [4.69, 9.17) is 0 Å². The summed E-state index contributed by atoms with van der Waals surface area (Å²) in [4.78, 5) is 13.0. The van der Waals surface area contributed by atoms with Crippen molar-refractivity contribution in [3.63, 3.8) is 0 Å². The van der Waals surface area contributed by atoms with Crippen molar-refractivity contribution in [3.8, 4) is 0 Å². The highest BCUT2D eigenvalue weighted by atomic mass is 32.2. The third-order valence-electron chi connectivity index (χ3n) is 8.20. The third-order valence-corrected chi connectivity index (χ3v) is 9.70. The average molecular weight is 588 g/mol. The summed E-state index contributed by atoms with van der Waals surface area (Å²) in [7, 11) is 0. The molecule has 1 aliphatic heterocycles. The van der Waals surface area contributed by atoms with E-state index in [2.05, 4.69) is 10.5 Å². The fourth-order valence-corrected chi connectivity index (χ4v) is 7.74. The number of amides is 1. The zero-order valence-electron chi connectivity index (χ0n) is 21.8. The van der Waals surface area contributed by atoms with Crippen LogP contribution >= 0.6 is 11.8 Å². The number of carbonyl (C=O) groups excluding carboxylic acids is 1. The number of hydrazone groups is 1. The Morgan fingerprint density at radius 3 is 2.27 bits per heavy atom. The highest BCUT2D eigenvalue weighted by Crippen LogP contribution is 2.62. The number of hydrogen-bond acceptors (Lipinski definition) is 2. The van der Waals surface area contributed by atoms with Crippen LogP contribution < -0.4 is 10.5 Å². The van der Waals surface area contributed by atoms with Gasteiger partial charge in [-0.3, -0.25) is 4.79 Å². The Hall–Kier alpha value is -3.53. The van der Waals surface area contributed by atoms with E-state index in [0.29, 0.717) is 16.9 Å². The molecule has 41 heavy (non-hydrogen) atoms. The van der Waals surface area contributed by atoms with Crippen LogP contribution in [0.2, 0.25) is 0 Å². The Labute approximate surface area is 236 Å². The molecule has 10 heteroatoms. The maximum Gasteiger partial charge on any atom is 0.416 e. The Bertz CT molecular complexity index is 1560. The molecule has 2 unspecified atom stereocenters. The lowest BCUT2D eigenvalue weighted by atomic mass is 9.68. The second-order valence-corrected chi connectivity index (χ2v) is 12.2. The number of carbonyl (C=O) groups is 1. The minimum absolute atomic E-state index is 0.0919. The normalized spacial score (nSPS) is 24.8. The van der Waals surface area contributed by atoms with Crippen LogP contribution in [-0.2, 0) is 12.4 Å². The smallest absolute Gasteiger partial charge is 0.264 e. The Morgan fingerprint density at radius 1 is 0.951 bits per heavy atom. The van der Waals surface area contributed by atoms with Crippen LogP contribution in [-0.4, -0.2) is 16.4 Å². The molecule has 212 valence electrons. The molecule has 3 nitrogen and oxygen atoms in total. The summed E-state index contributed by atoms with van der Waals surface area (Å²) in [5.74, 6) is -0.393. The summed E-state index contributed by atoms with van der Waals surface area (Å²) < 4.78 is 81.1. The zero-order chi connectivity index (χ0) is 29.2. The van der Waals surface area contributed by atoms with Crippen molar-refractivity contribution in [2.24, 2.45) is 5.92 Å². The van der Waals surface area contributed by atoms with Crippen molar-refractivity contribution < 1.29 is 36.2 Å². The lowest BCUT2D eigenvalue weighted by Gasteiger charge is -2.42. The van der Waals surface area contributed by atoms with E-state index in [1.54, 1.807) is 30.3 Å². The molecular weight excluding hydrogens is 562 g/mol. The molecular formula is C31H25F6N2OS+. The maximum absolute atomic E-state index is 13.6. The first-order chi connectivity index (χ1) is 19.3. The molecule has 6 rings (SSSR count). The monoisotopic (exact) mass is 587 g/mol. The summed E-state index contributed by atoms with van der Waals surface area (Å²) in [6.07, 6.45) is -0.960. The fraction of sp³-hybridized carbons (Fsp3) is 0.290. The minimum atomic E-state index is -4.92. The summed E-state index contributed by atoms with van der Waals surface area (Å²) >= 11 is 1.32. The van der Waals surface area contributed by atoms with Crippen LogP contribution in [0.3, 0.4) is 0 Å². The number of thioether (sulfide) groups is 1. The van der Waals surface area contributed by atoms with Gasteiger partial charge < -0.3 is 0 Å². The first-order valence-corrected chi connectivity index (χ1v) is 14.0. The van der Waals surface area contributed by atoms with Gasteiger partial charge in [0.15, 0.2) is 0 Å². The van der Waals surface area contributed by atoms with Gasteiger partial charge in [-0.05, 0) is 90.4 Å². The summed E-state index contributed by atoms with van der Waals surface area (Å²) in [6.45, 7) is 2.01. The molecule has 0 spiro atoms. The van der Waals surface area contributed by atoms with Gasteiger partial charge in [0, 0.05) is 28.9 Å². The molecule has 2 aromatic rings. The Morgan fingerprint density at radius 2 is 1.61 bits per heavy atom. The molecule has 4 aliphatic rings. The molecule has 0 aromatic heterocycles. The molecule has 2 atom stereocenters. The van der Waals surface area contributed by atoms with Gasteiger partial charge in [-0.25, -0.2) is 0 Å². The molecule has 2 N–H and O–H groups in total. The van der Waals surface area contributed by atoms with Gasteiger partial charge in [-0.15, -0.1) is 22.3 Å². The number of hydrogen-bond donors (Lipinski definition) is 2. The average Bonchev–Trinajstić information content (AvgIpc) is 3.56. The van der Waals surface area contributed by atoms with E-state index in [-0.39, 0.29) is 23.5 Å². The molecule has 0 bridgehead atoms. The van der Waals surface area contributed by atoms with Crippen LogP contribution in [0.25, 0.3) is 4.91 Å². The molecule has 2 aromatic carbocycles. The zero-order valence-corrected chi connectivity index (χ0v) is 22.7. The highest BCUT2D eigenvalue weighted by molar-refractivity contribution is 8.10. The number of alkyl halides is 6. The Balaban J connectivity index is 1.37. The number of hydrazine groups is 1. The molecule has 1 heterocycles. The van der Waals surface area contributed by atoms with Crippen LogP contribution in [0.4, 0.5) is 26.3 Å². The standard InChI is InChI=1S/C31H24F6N2OS/c1-29-25-15-21(38-39-28(40)17-6-3-2-4-7-17)10-11-24(25)22-8-5-9-23(22)26(29)16-27(41-29)18-12-19(30(32,33)34)14-20(13-18)31(35,36)37/h2-4,6-7,10-14,16,25H,5,8-9,15H2,1H3,(H,39,40)/p+1/b38-21-. The van der Waals surface area contributed by atoms with E-state index in [1.807, 2.05) is 25.1 Å². The number of benzene rings is 2. The van der Waals surface area contributed by atoms with Crippen LogP contribution in [0.15, 0.2) is 89.1 Å². The van der Waals surface area contributed by atoms with Gasteiger partial charge in [0.05, 0.1) is 15.9 Å². The SMILES string of the molecule is CC12SC(c3cc(C(F)(F)F)cc(C(F)(F)F)c3)=CC1=C1CCCC1=C1C=C/C(=[NH+]/NC(=O)c3ccccc3)CC12. The second-order valence-electron chi connectivity index (χ2n) is 10.8. The van der Waals surface area contributed by atoms with Crippen LogP contribution in [0.1, 0.15) is 59.7 Å².